The van der Waals surface area contributed by atoms with E-state index in [-0.39, 0.29) is 6.04 Å². The zero-order chi connectivity index (χ0) is 10.3. The number of aromatic amines is 1. The van der Waals surface area contributed by atoms with Gasteiger partial charge in [0.1, 0.15) is 5.82 Å². The summed E-state index contributed by atoms with van der Waals surface area (Å²) in [7, 11) is 0. The van der Waals surface area contributed by atoms with Crippen molar-refractivity contribution in [2.45, 2.75) is 18.9 Å². The Balaban J connectivity index is 2.04. The van der Waals surface area contributed by atoms with Gasteiger partial charge < -0.3 is 4.98 Å². The molecule has 3 rings (SSSR count). The molecule has 1 aromatic heterocycles. The Hall–Kier alpha value is -1.39. The number of imidazole rings is 1. The molecular weight excluding hydrogens is 188 g/mol. The fraction of sp³-hybridized carbons (Fsp3) is 0.364. The first-order valence-electron chi connectivity index (χ1n) is 5.30. The van der Waals surface area contributed by atoms with E-state index in [2.05, 4.69) is 9.97 Å². The monoisotopic (exact) mass is 202 g/mol. The molecule has 0 bridgehead atoms. The number of para-hydroxylation sites is 2. The van der Waals surface area contributed by atoms with Gasteiger partial charge >= 0.3 is 0 Å². The summed E-state index contributed by atoms with van der Waals surface area (Å²) in [5.41, 5.74) is 2.11. The lowest BCUT2D eigenvalue weighted by molar-refractivity contribution is 0.258. The molecule has 78 valence electrons. The highest BCUT2D eigenvalue weighted by molar-refractivity contribution is 5.74. The van der Waals surface area contributed by atoms with Crippen molar-refractivity contribution in [2.75, 3.05) is 6.54 Å². The number of aromatic nitrogens is 2. The predicted molar refractivity (Wildman–Crippen MR) is 59.0 cm³/mol. The number of nitrogens with one attached hydrogen (secondary N) is 1. The average molecular weight is 202 g/mol. The van der Waals surface area contributed by atoms with E-state index in [1.54, 1.807) is 0 Å². The molecule has 2 aromatic rings. The molecule has 1 aliphatic rings. The van der Waals surface area contributed by atoms with Gasteiger partial charge in [0.2, 0.25) is 0 Å². The Morgan fingerprint density at radius 2 is 2.27 bits per heavy atom. The fourth-order valence-electron chi connectivity index (χ4n) is 2.21. The minimum atomic E-state index is 0.261. The number of hydrogen-bond donors (Lipinski definition) is 2. The Kier molecular flexibility index (Phi) is 1.97. The van der Waals surface area contributed by atoms with Gasteiger partial charge in [-0.1, -0.05) is 12.1 Å². The maximum atomic E-state index is 5.91. The molecule has 1 fully saturated rings. The van der Waals surface area contributed by atoms with Gasteiger partial charge in [0.05, 0.1) is 17.1 Å². The minimum Gasteiger partial charge on any atom is -0.341 e. The third-order valence-electron chi connectivity index (χ3n) is 3.02. The molecule has 0 aliphatic carbocycles. The lowest BCUT2D eigenvalue weighted by Gasteiger charge is -2.15. The Morgan fingerprint density at radius 3 is 3.00 bits per heavy atom. The maximum absolute atomic E-state index is 5.91. The van der Waals surface area contributed by atoms with E-state index in [4.69, 9.17) is 5.84 Å². The Labute approximate surface area is 88.1 Å². The first kappa shape index (κ1) is 8.88. The molecule has 4 heteroatoms. The highest BCUT2D eigenvalue weighted by Crippen LogP contribution is 2.28. The second kappa shape index (κ2) is 3.32. The second-order valence-electron chi connectivity index (χ2n) is 4.04. The highest BCUT2D eigenvalue weighted by Gasteiger charge is 2.25. The lowest BCUT2D eigenvalue weighted by atomic mass is 10.2. The minimum absolute atomic E-state index is 0.261. The van der Waals surface area contributed by atoms with Gasteiger partial charge in [-0.3, -0.25) is 5.84 Å². The Bertz CT molecular complexity index is 443. The van der Waals surface area contributed by atoms with Gasteiger partial charge in [-0.05, 0) is 25.0 Å². The number of H-pyrrole nitrogens is 1. The lowest BCUT2D eigenvalue weighted by Crippen LogP contribution is -2.30. The molecule has 3 N–H and O–H groups in total. The molecule has 1 atom stereocenters. The molecule has 15 heavy (non-hydrogen) atoms. The van der Waals surface area contributed by atoms with Crippen LogP contribution in [0.15, 0.2) is 24.3 Å². The van der Waals surface area contributed by atoms with Crippen molar-refractivity contribution in [3.8, 4) is 0 Å². The van der Waals surface area contributed by atoms with Crippen LogP contribution in [0.1, 0.15) is 24.7 Å². The van der Waals surface area contributed by atoms with Crippen molar-refractivity contribution in [3.63, 3.8) is 0 Å². The molecule has 0 saturated carbocycles. The summed E-state index contributed by atoms with van der Waals surface area (Å²) in [6, 6.07) is 8.34. The smallest absolute Gasteiger partial charge is 0.126 e. The molecule has 0 unspecified atom stereocenters. The standard InChI is InChI=1S/C11H14N4/c12-15-7-3-6-10(15)11-13-8-4-1-2-5-9(8)14-11/h1-2,4-5,10H,3,6-7,12H2,(H,13,14)/t10-/m0/s1. The van der Waals surface area contributed by atoms with Crippen LogP contribution in [0.2, 0.25) is 0 Å². The van der Waals surface area contributed by atoms with E-state index >= 15 is 0 Å². The molecule has 0 amide bonds. The molecule has 0 radical (unpaired) electrons. The summed E-state index contributed by atoms with van der Waals surface area (Å²) in [6.07, 6.45) is 2.24. The predicted octanol–water partition coefficient (Wildman–Crippen LogP) is 1.57. The van der Waals surface area contributed by atoms with Gasteiger partial charge in [-0.15, -0.1) is 0 Å². The number of hydrazine groups is 1. The summed E-state index contributed by atoms with van der Waals surface area (Å²) in [4.78, 5) is 7.90. The van der Waals surface area contributed by atoms with Gasteiger partial charge in [-0.2, -0.15) is 0 Å². The van der Waals surface area contributed by atoms with Crippen LogP contribution in [0.4, 0.5) is 0 Å². The summed E-state index contributed by atoms with van der Waals surface area (Å²) in [5.74, 6) is 6.90. The number of fused-ring (bicyclic) bond motifs is 1. The third kappa shape index (κ3) is 1.42. The van der Waals surface area contributed by atoms with Gasteiger partial charge in [0.15, 0.2) is 0 Å². The summed E-state index contributed by atoms with van der Waals surface area (Å²) < 4.78 is 0. The van der Waals surface area contributed by atoms with Crippen LogP contribution in [0.5, 0.6) is 0 Å². The number of rotatable bonds is 1. The highest BCUT2D eigenvalue weighted by atomic mass is 15.4. The molecule has 1 aliphatic heterocycles. The number of nitrogens with two attached hydrogens (primary N) is 1. The molecule has 0 spiro atoms. The van der Waals surface area contributed by atoms with Crippen molar-refractivity contribution >= 4 is 11.0 Å². The summed E-state index contributed by atoms with van der Waals surface area (Å²) in [6.45, 7) is 0.960. The van der Waals surface area contributed by atoms with E-state index < -0.39 is 0 Å². The largest absolute Gasteiger partial charge is 0.341 e. The normalized spacial score (nSPS) is 22.6. The van der Waals surface area contributed by atoms with Crippen LogP contribution in [0.3, 0.4) is 0 Å². The first-order chi connectivity index (χ1) is 7.34. The summed E-state index contributed by atoms with van der Waals surface area (Å²) in [5, 5.41) is 1.87. The van der Waals surface area contributed by atoms with Crippen LogP contribution in [0, 0.1) is 0 Å². The van der Waals surface area contributed by atoms with Crippen molar-refractivity contribution in [1.29, 1.82) is 0 Å². The number of hydrogen-bond acceptors (Lipinski definition) is 3. The zero-order valence-electron chi connectivity index (χ0n) is 8.48. The average Bonchev–Trinajstić information content (AvgIpc) is 2.82. The van der Waals surface area contributed by atoms with Gasteiger partial charge in [0, 0.05) is 6.54 Å². The van der Waals surface area contributed by atoms with Crippen LogP contribution in [-0.4, -0.2) is 21.5 Å². The SMILES string of the molecule is NN1CCC[C@H]1c1nc2ccccc2[nH]1. The van der Waals surface area contributed by atoms with Crippen LogP contribution >= 0.6 is 0 Å². The van der Waals surface area contributed by atoms with Crippen molar-refractivity contribution in [3.05, 3.63) is 30.1 Å². The number of nitrogens with zero attached hydrogens (tertiary/aromatic N) is 2. The molecule has 1 saturated heterocycles. The number of benzene rings is 1. The zero-order valence-corrected chi connectivity index (χ0v) is 8.48. The maximum Gasteiger partial charge on any atom is 0.126 e. The molecular formula is C11H14N4. The van der Waals surface area contributed by atoms with Crippen molar-refractivity contribution in [2.24, 2.45) is 5.84 Å². The molecule has 2 heterocycles. The van der Waals surface area contributed by atoms with Crippen LogP contribution in [0.25, 0.3) is 11.0 Å². The van der Waals surface area contributed by atoms with E-state index in [0.717, 1.165) is 36.2 Å². The van der Waals surface area contributed by atoms with E-state index in [1.807, 2.05) is 29.3 Å². The van der Waals surface area contributed by atoms with Crippen LogP contribution < -0.4 is 5.84 Å². The topological polar surface area (TPSA) is 57.9 Å². The van der Waals surface area contributed by atoms with Crippen LogP contribution in [-0.2, 0) is 0 Å². The quantitative estimate of drug-likeness (QED) is 0.690. The molecule has 1 aromatic carbocycles. The van der Waals surface area contributed by atoms with Gasteiger partial charge in [0.25, 0.3) is 0 Å². The van der Waals surface area contributed by atoms with E-state index in [1.165, 1.54) is 0 Å². The van der Waals surface area contributed by atoms with Gasteiger partial charge in [-0.25, -0.2) is 9.99 Å². The van der Waals surface area contributed by atoms with Crippen molar-refractivity contribution in [1.82, 2.24) is 15.0 Å². The Morgan fingerprint density at radius 1 is 1.40 bits per heavy atom. The molecule has 4 nitrogen and oxygen atoms in total. The third-order valence-corrected chi connectivity index (χ3v) is 3.02. The summed E-state index contributed by atoms with van der Waals surface area (Å²) >= 11 is 0. The van der Waals surface area contributed by atoms with E-state index in [9.17, 15) is 0 Å². The van der Waals surface area contributed by atoms with E-state index in [0.29, 0.717) is 0 Å². The fourth-order valence-corrected chi connectivity index (χ4v) is 2.21. The van der Waals surface area contributed by atoms with Crippen molar-refractivity contribution < 1.29 is 0 Å². The second-order valence-corrected chi connectivity index (χ2v) is 4.04. The first-order valence-corrected chi connectivity index (χ1v) is 5.30.